The number of aromatic nitrogens is 2. The Balaban J connectivity index is 1.63. The van der Waals surface area contributed by atoms with E-state index in [1.807, 2.05) is 0 Å². The molecular weight excluding hydrogens is 460 g/mol. The summed E-state index contributed by atoms with van der Waals surface area (Å²) in [6.45, 7) is 9.94. The monoisotopic (exact) mass is 496 g/mol. The highest BCUT2D eigenvalue weighted by Gasteiger charge is 2.42. The van der Waals surface area contributed by atoms with E-state index in [4.69, 9.17) is 0 Å². The van der Waals surface area contributed by atoms with Crippen LogP contribution in [-0.2, 0) is 12.1 Å². The maximum absolute atomic E-state index is 2.59. The summed E-state index contributed by atoms with van der Waals surface area (Å²) in [6, 6.07) is 33.2. The van der Waals surface area contributed by atoms with Crippen molar-refractivity contribution in [3.63, 3.8) is 0 Å². The lowest BCUT2D eigenvalue weighted by Gasteiger charge is -2.25. The number of rotatable bonds is 5. The molecule has 0 atom stereocenters. The second kappa shape index (κ2) is 9.68. The molecule has 0 spiro atoms. The second-order valence-electron chi connectivity index (χ2n) is 10.6. The molecule has 0 saturated heterocycles. The minimum atomic E-state index is -0.114. The lowest BCUT2D eigenvalue weighted by molar-refractivity contribution is -0.743. The minimum Gasteiger partial charge on any atom is -0.194 e. The molecule has 2 nitrogen and oxygen atoms in total. The number of fused-ring (bicyclic) bond motifs is 5. The smallest absolute Gasteiger partial charge is 0.194 e. The average Bonchev–Trinajstić information content (AvgIpc) is 3.07. The van der Waals surface area contributed by atoms with Crippen LogP contribution in [0.5, 0.6) is 0 Å². The molecule has 0 saturated carbocycles. The normalized spacial score (nSPS) is 13.9. The van der Waals surface area contributed by atoms with E-state index in [2.05, 4.69) is 146 Å². The molecule has 38 heavy (non-hydrogen) atoms. The van der Waals surface area contributed by atoms with E-state index < -0.39 is 0 Å². The van der Waals surface area contributed by atoms with Gasteiger partial charge in [0.15, 0.2) is 24.5 Å². The summed E-state index contributed by atoms with van der Waals surface area (Å²) in [7, 11) is 0. The van der Waals surface area contributed by atoms with Gasteiger partial charge in [-0.15, -0.1) is 0 Å². The van der Waals surface area contributed by atoms with Crippen molar-refractivity contribution in [1.29, 1.82) is 0 Å². The van der Waals surface area contributed by atoms with Gasteiger partial charge < -0.3 is 0 Å². The van der Waals surface area contributed by atoms with Gasteiger partial charge in [-0.25, -0.2) is 0 Å². The fraction of sp³-hybridized carbons (Fsp3) is 0.222. The molecule has 3 aromatic carbocycles. The zero-order valence-electron chi connectivity index (χ0n) is 22.9. The average molecular weight is 497 g/mol. The Morgan fingerprint density at radius 1 is 0.632 bits per heavy atom. The van der Waals surface area contributed by atoms with Crippen molar-refractivity contribution in [2.24, 2.45) is 0 Å². The van der Waals surface area contributed by atoms with Gasteiger partial charge in [-0.05, 0) is 60.7 Å². The van der Waals surface area contributed by atoms with Crippen LogP contribution < -0.4 is 9.13 Å². The van der Waals surface area contributed by atoms with Crippen LogP contribution in [-0.4, -0.2) is 0 Å². The van der Waals surface area contributed by atoms with Crippen molar-refractivity contribution in [3.05, 3.63) is 126 Å². The first kappa shape index (κ1) is 24.3. The molecule has 0 bridgehead atoms. The van der Waals surface area contributed by atoms with Crippen LogP contribution in [0.1, 0.15) is 43.4 Å². The minimum absolute atomic E-state index is 0.114. The molecule has 5 aromatic rings. The first-order valence-electron chi connectivity index (χ1n) is 13.9. The molecule has 0 N–H and O–H groups in total. The van der Waals surface area contributed by atoms with Gasteiger partial charge in [0.05, 0.1) is 10.9 Å². The molecule has 2 heteroatoms. The molecule has 0 unspecified atom stereocenters. The Hall–Kier alpha value is -4.04. The number of allylic oxidation sites excluding steroid dienone is 2. The molecule has 6 rings (SSSR count). The van der Waals surface area contributed by atoms with Crippen LogP contribution in [0.25, 0.3) is 38.9 Å². The Morgan fingerprint density at radius 2 is 1.26 bits per heavy atom. The van der Waals surface area contributed by atoms with E-state index in [1.54, 1.807) is 0 Å². The second-order valence-corrected chi connectivity index (χ2v) is 10.6. The molecule has 0 aliphatic carbocycles. The summed E-state index contributed by atoms with van der Waals surface area (Å²) >= 11 is 0. The van der Waals surface area contributed by atoms with Gasteiger partial charge in [0.1, 0.15) is 0 Å². The van der Waals surface area contributed by atoms with Crippen molar-refractivity contribution < 1.29 is 9.13 Å². The van der Waals surface area contributed by atoms with Crippen molar-refractivity contribution in [3.8, 4) is 22.5 Å². The van der Waals surface area contributed by atoms with Crippen LogP contribution in [0.3, 0.4) is 0 Å². The summed E-state index contributed by atoms with van der Waals surface area (Å²) in [5.74, 6) is 0. The highest BCUT2D eigenvalue weighted by molar-refractivity contribution is 5.97. The molecule has 1 aliphatic heterocycles. The van der Waals surface area contributed by atoms with E-state index in [0.29, 0.717) is 0 Å². The molecule has 0 amide bonds. The Morgan fingerprint density at radius 3 is 2.00 bits per heavy atom. The van der Waals surface area contributed by atoms with Crippen molar-refractivity contribution >= 4 is 16.3 Å². The number of nitrogens with zero attached hydrogens (tertiary/aromatic N) is 2. The number of benzene rings is 3. The highest BCUT2D eigenvalue weighted by atomic mass is 15.1. The SMILES string of the molecule is CCC1(CC)C=C(C[n+]2ccccc2-c2ccccc2C)c2ccccc2-c2c3ccccc3c(C)c[n+]21. The molecular formula is C36H36N2+2. The van der Waals surface area contributed by atoms with Gasteiger partial charge >= 0.3 is 0 Å². The molecule has 188 valence electrons. The lowest BCUT2D eigenvalue weighted by Crippen LogP contribution is -2.55. The van der Waals surface area contributed by atoms with E-state index in [0.717, 1.165) is 19.4 Å². The summed E-state index contributed by atoms with van der Waals surface area (Å²) < 4.78 is 5.01. The molecule has 1 aliphatic rings. The molecule has 2 aromatic heterocycles. The van der Waals surface area contributed by atoms with Crippen LogP contribution in [0.4, 0.5) is 0 Å². The highest BCUT2D eigenvalue weighted by Crippen LogP contribution is 2.40. The van der Waals surface area contributed by atoms with E-state index in [-0.39, 0.29) is 5.54 Å². The zero-order valence-corrected chi connectivity index (χ0v) is 22.9. The van der Waals surface area contributed by atoms with Crippen molar-refractivity contribution in [1.82, 2.24) is 0 Å². The molecule has 0 fully saturated rings. The van der Waals surface area contributed by atoms with E-state index in [9.17, 15) is 0 Å². The van der Waals surface area contributed by atoms with Crippen LogP contribution in [0.2, 0.25) is 0 Å². The number of pyridine rings is 2. The predicted molar refractivity (Wildman–Crippen MR) is 158 cm³/mol. The van der Waals surface area contributed by atoms with Crippen molar-refractivity contribution in [2.45, 2.75) is 52.6 Å². The number of hydrogen-bond acceptors (Lipinski definition) is 0. The van der Waals surface area contributed by atoms with Gasteiger partial charge in [-0.3, -0.25) is 0 Å². The van der Waals surface area contributed by atoms with Gasteiger partial charge in [0.25, 0.3) is 0 Å². The van der Waals surface area contributed by atoms with Gasteiger partial charge in [0, 0.05) is 41.7 Å². The first-order chi connectivity index (χ1) is 18.6. The number of aryl methyl sites for hydroxylation is 2. The van der Waals surface area contributed by atoms with Crippen LogP contribution in [0, 0.1) is 13.8 Å². The van der Waals surface area contributed by atoms with Crippen LogP contribution >= 0.6 is 0 Å². The number of hydrogen-bond donors (Lipinski definition) is 0. The standard InChI is InChI=1S/C36H36N2/c1-5-36(6-2)23-28(25-37-22-14-13-21-34(37)30-17-8-7-15-26(30)3)31-18-10-12-20-33(31)35-32-19-11-9-16-29(32)27(4)24-38(35)36/h7-24H,5-6,25H2,1-4H3/q+2. The third kappa shape index (κ3) is 3.87. The van der Waals surface area contributed by atoms with Gasteiger partial charge in [0.2, 0.25) is 11.4 Å². The Bertz CT molecular complexity index is 1690. The summed E-state index contributed by atoms with van der Waals surface area (Å²) in [5, 5.41) is 2.66. The van der Waals surface area contributed by atoms with Gasteiger partial charge in [-0.2, -0.15) is 9.13 Å². The third-order valence-electron chi connectivity index (χ3n) is 8.55. The quantitative estimate of drug-likeness (QED) is 0.218. The Kier molecular flexibility index (Phi) is 6.19. The summed E-state index contributed by atoms with van der Waals surface area (Å²) in [5.41, 5.74) is 10.4. The summed E-state index contributed by atoms with van der Waals surface area (Å²) in [6.07, 6.45) is 9.27. The molecule has 0 radical (unpaired) electrons. The van der Waals surface area contributed by atoms with Crippen molar-refractivity contribution in [2.75, 3.05) is 0 Å². The Labute approximate surface area is 226 Å². The van der Waals surface area contributed by atoms with Gasteiger partial charge in [-0.1, -0.05) is 68.4 Å². The first-order valence-corrected chi connectivity index (χ1v) is 13.9. The van der Waals surface area contributed by atoms with Crippen LogP contribution in [0.15, 0.2) is 109 Å². The lowest BCUT2D eigenvalue weighted by atomic mass is 9.88. The summed E-state index contributed by atoms with van der Waals surface area (Å²) in [4.78, 5) is 0. The third-order valence-corrected chi connectivity index (χ3v) is 8.55. The molecule has 3 heterocycles. The zero-order chi connectivity index (χ0) is 26.3. The van der Waals surface area contributed by atoms with E-state index in [1.165, 1.54) is 55.6 Å². The maximum atomic E-state index is 2.59. The largest absolute Gasteiger partial charge is 0.221 e. The van der Waals surface area contributed by atoms with E-state index >= 15 is 0 Å². The fourth-order valence-electron chi connectivity index (χ4n) is 6.39. The topological polar surface area (TPSA) is 7.76 Å². The maximum Gasteiger partial charge on any atom is 0.221 e. The fourth-order valence-corrected chi connectivity index (χ4v) is 6.39. The predicted octanol–water partition coefficient (Wildman–Crippen LogP) is 7.98.